The summed E-state index contributed by atoms with van der Waals surface area (Å²) in [6.45, 7) is 2.65. The largest absolute Gasteiger partial charge is 0.292 e. The van der Waals surface area contributed by atoms with E-state index in [1.807, 2.05) is 6.92 Å². The molecule has 0 saturated heterocycles. The Balaban J connectivity index is 2.20. The van der Waals surface area contributed by atoms with Gasteiger partial charge >= 0.3 is 0 Å². The molecule has 2 rings (SSSR count). The van der Waals surface area contributed by atoms with Gasteiger partial charge in [-0.1, -0.05) is 30.7 Å². The van der Waals surface area contributed by atoms with Crippen molar-refractivity contribution < 1.29 is 9.18 Å². The van der Waals surface area contributed by atoms with E-state index in [0.717, 1.165) is 12.0 Å². The molecule has 1 aromatic carbocycles. The summed E-state index contributed by atoms with van der Waals surface area (Å²) in [5, 5.41) is 4.45. The predicted octanol–water partition coefficient (Wildman–Crippen LogP) is 3.51. The molecule has 0 N–H and O–H groups in total. The number of halogens is 2. The molecule has 0 fully saturated rings. The van der Waals surface area contributed by atoms with E-state index in [4.69, 9.17) is 11.6 Å². The highest BCUT2D eigenvalue weighted by molar-refractivity contribution is 6.33. The van der Waals surface area contributed by atoms with Crippen molar-refractivity contribution in [3.05, 3.63) is 52.6 Å². The van der Waals surface area contributed by atoms with Gasteiger partial charge in [0, 0.05) is 13.0 Å². The molecule has 0 radical (unpaired) electrons. The summed E-state index contributed by atoms with van der Waals surface area (Å²) in [6, 6.07) is 5.88. The Bertz CT molecular complexity index is 578. The molecular weight excluding hydrogens is 267 g/mol. The fourth-order valence-electron chi connectivity index (χ4n) is 1.89. The molecule has 19 heavy (non-hydrogen) atoms. The highest BCUT2D eigenvalue weighted by Crippen LogP contribution is 2.18. The Hall–Kier alpha value is -1.68. The van der Waals surface area contributed by atoms with Crippen LogP contribution in [0.2, 0.25) is 5.02 Å². The maximum Gasteiger partial charge on any atom is 0.186 e. The standard InChI is InChI=1S/C14H14ClFN2O/c1-2-7-18-14(12(15)9-17-18)13(19)8-10-3-5-11(16)6-4-10/h3-6,9H,2,7-8H2,1H3. The molecular formula is C14H14ClFN2O. The van der Waals surface area contributed by atoms with Crippen molar-refractivity contribution in [2.45, 2.75) is 26.3 Å². The van der Waals surface area contributed by atoms with E-state index in [2.05, 4.69) is 5.10 Å². The topological polar surface area (TPSA) is 34.9 Å². The van der Waals surface area contributed by atoms with Gasteiger partial charge in [0.05, 0.1) is 11.2 Å². The summed E-state index contributed by atoms with van der Waals surface area (Å²) in [5.74, 6) is -0.423. The van der Waals surface area contributed by atoms with Crippen LogP contribution >= 0.6 is 11.6 Å². The summed E-state index contributed by atoms with van der Waals surface area (Å²) in [7, 11) is 0. The fraction of sp³-hybridized carbons (Fsp3) is 0.286. The van der Waals surface area contributed by atoms with Gasteiger partial charge < -0.3 is 0 Å². The van der Waals surface area contributed by atoms with Gasteiger partial charge in [-0.2, -0.15) is 5.10 Å². The highest BCUT2D eigenvalue weighted by atomic mass is 35.5. The van der Waals surface area contributed by atoms with Crippen LogP contribution in [0.15, 0.2) is 30.5 Å². The molecule has 0 aliphatic rings. The van der Waals surface area contributed by atoms with E-state index in [9.17, 15) is 9.18 Å². The van der Waals surface area contributed by atoms with E-state index in [1.165, 1.54) is 18.3 Å². The van der Waals surface area contributed by atoms with Gasteiger partial charge in [-0.15, -0.1) is 0 Å². The van der Waals surface area contributed by atoms with Gasteiger partial charge in [-0.05, 0) is 24.1 Å². The molecule has 0 atom stereocenters. The third kappa shape index (κ3) is 3.20. The smallest absolute Gasteiger partial charge is 0.186 e. The van der Waals surface area contributed by atoms with Crippen molar-refractivity contribution in [2.24, 2.45) is 0 Å². The molecule has 0 aliphatic heterocycles. The average molecular weight is 281 g/mol. The van der Waals surface area contributed by atoms with Crippen LogP contribution in [0.3, 0.4) is 0 Å². The van der Waals surface area contributed by atoms with Gasteiger partial charge in [-0.25, -0.2) is 4.39 Å². The monoisotopic (exact) mass is 280 g/mol. The second-order valence-electron chi connectivity index (χ2n) is 4.29. The third-order valence-electron chi connectivity index (χ3n) is 2.77. The number of hydrogen-bond donors (Lipinski definition) is 0. The Kier molecular flexibility index (Phi) is 4.32. The Morgan fingerprint density at radius 2 is 2.05 bits per heavy atom. The van der Waals surface area contributed by atoms with E-state index in [-0.39, 0.29) is 18.0 Å². The van der Waals surface area contributed by atoms with Crippen molar-refractivity contribution in [2.75, 3.05) is 0 Å². The molecule has 3 nitrogen and oxygen atoms in total. The molecule has 0 amide bonds. The van der Waals surface area contributed by atoms with Crippen LogP contribution < -0.4 is 0 Å². The molecule has 2 aromatic rings. The molecule has 0 saturated carbocycles. The number of aryl methyl sites for hydroxylation is 1. The number of Topliss-reactive ketones (excluding diaryl/α,β-unsaturated/α-hetero) is 1. The minimum Gasteiger partial charge on any atom is -0.292 e. The number of nitrogens with zero attached hydrogens (tertiary/aromatic N) is 2. The lowest BCUT2D eigenvalue weighted by Gasteiger charge is -2.06. The van der Waals surface area contributed by atoms with E-state index < -0.39 is 0 Å². The highest BCUT2D eigenvalue weighted by Gasteiger charge is 2.17. The van der Waals surface area contributed by atoms with Crippen LogP contribution in [-0.4, -0.2) is 15.6 Å². The molecule has 1 heterocycles. The van der Waals surface area contributed by atoms with E-state index in [0.29, 0.717) is 17.3 Å². The number of aromatic nitrogens is 2. The summed E-state index contributed by atoms with van der Waals surface area (Å²) in [5.41, 5.74) is 1.18. The minimum absolute atomic E-state index is 0.109. The summed E-state index contributed by atoms with van der Waals surface area (Å²) in [6.07, 6.45) is 2.54. The normalized spacial score (nSPS) is 10.7. The molecule has 1 aromatic heterocycles. The minimum atomic E-state index is -0.315. The third-order valence-corrected chi connectivity index (χ3v) is 3.05. The zero-order chi connectivity index (χ0) is 13.8. The van der Waals surface area contributed by atoms with E-state index >= 15 is 0 Å². The van der Waals surface area contributed by atoms with Gasteiger partial charge in [0.15, 0.2) is 5.78 Å². The Labute approximate surface area is 116 Å². The lowest BCUT2D eigenvalue weighted by molar-refractivity contribution is 0.0982. The average Bonchev–Trinajstić information content (AvgIpc) is 2.74. The zero-order valence-corrected chi connectivity index (χ0v) is 11.3. The second kappa shape index (κ2) is 5.97. The van der Waals surface area contributed by atoms with Crippen LogP contribution in [0.4, 0.5) is 4.39 Å². The number of carbonyl (C=O) groups is 1. The first-order chi connectivity index (χ1) is 9.11. The predicted molar refractivity (Wildman–Crippen MR) is 72.0 cm³/mol. The summed E-state index contributed by atoms with van der Waals surface area (Å²) in [4.78, 5) is 12.2. The Morgan fingerprint density at radius 3 is 2.68 bits per heavy atom. The molecule has 100 valence electrons. The van der Waals surface area contributed by atoms with Crippen LogP contribution in [-0.2, 0) is 13.0 Å². The van der Waals surface area contributed by atoms with E-state index in [1.54, 1.807) is 16.8 Å². The number of ketones is 1. The van der Waals surface area contributed by atoms with Crippen molar-refractivity contribution in [1.82, 2.24) is 9.78 Å². The number of rotatable bonds is 5. The SMILES string of the molecule is CCCn1ncc(Cl)c1C(=O)Cc1ccc(F)cc1. The Morgan fingerprint density at radius 1 is 1.37 bits per heavy atom. The van der Waals surface area contributed by atoms with Crippen LogP contribution in [0, 0.1) is 5.82 Å². The van der Waals surface area contributed by atoms with Crippen LogP contribution in [0.5, 0.6) is 0 Å². The first-order valence-corrected chi connectivity index (χ1v) is 6.48. The second-order valence-corrected chi connectivity index (χ2v) is 4.70. The van der Waals surface area contributed by atoms with Crippen molar-refractivity contribution in [1.29, 1.82) is 0 Å². The van der Waals surface area contributed by atoms with Crippen molar-refractivity contribution in [3.63, 3.8) is 0 Å². The zero-order valence-electron chi connectivity index (χ0n) is 10.6. The molecule has 0 bridgehead atoms. The number of hydrogen-bond acceptors (Lipinski definition) is 2. The summed E-state index contributed by atoms with van der Waals surface area (Å²) >= 11 is 6.00. The van der Waals surface area contributed by atoms with Gasteiger partial charge in [0.25, 0.3) is 0 Å². The van der Waals surface area contributed by atoms with Gasteiger partial charge in [0.2, 0.25) is 0 Å². The van der Waals surface area contributed by atoms with Gasteiger partial charge in [0.1, 0.15) is 11.5 Å². The number of carbonyl (C=O) groups excluding carboxylic acids is 1. The molecule has 0 spiro atoms. The lowest BCUT2D eigenvalue weighted by Crippen LogP contribution is -2.13. The first-order valence-electron chi connectivity index (χ1n) is 6.10. The quantitative estimate of drug-likeness (QED) is 0.786. The first kappa shape index (κ1) is 13.7. The number of benzene rings is 1. The molecule has 0 aliphatic carbocycles. The fourth-order valence-corrected chi connectivity index (χ4v) is 2.14. The maximum absolute atomic E-state index is 12.8. The molecule has 0 unspecified atom stereocenters. The van der Waals surface area contributed by atoms with Crippen molar-refractivity contribution >= 4 is 17.4 Å². The maximum atomic E-state index is 12.8. The van der Waals surface area contributed by atoms with Crippen LogP contribution in [0.1, 0.15) is 29.4 Å². The summed E-state index contributed by atoms with van der Waals surface area (Å²) < 4.78 is 14.4. The van der Waals surface area contributed by atoms with Crippen molar-refractivity contribution in [3.8, 4) is 0 Å². The molecule has 5 heteroatoms. The van der Waals surface area contributed by atoms with Gasteiger partial charge in [-0.3, -0.25) is 9.48 Å². The van der Waals surface area contributed by atoms with Crippen LogP contribution in [0.25, 0.3) is 0 Å². The lowest BCUT2D eigenvalue weighted by atomic mass is 10.1.